The fourth-order valence-corrected chi connectivity index (χ4v) is 4.66. The molecule has 4 nitrogen and oxygen atoms in total. The molecule has 186 valence electrons. The molecular weight excluding hydrogens is 514 g/mol. The van der Waals surface area contributed by atoms with Crippen molar-refractivity contribution in [3.05, 3.63) is 93.6 Å². The highest BCUT2D eigenvalue weighted by atomic mass is 79.9. The minimum absolute atomic E-state index is 0.242. The Labute approximate surface area is 222 Å². The van der Waals surface area contributed by atoms with Crippen molar-refractivity contribution in [2.75, 3.05) is 7.11 Å². The van der Waals surface area contributed by atoms with Gasteiger partial charge in [-0.25, -0.2) is 9.79 Å². The number of carbonyl (C=O) groups excluding carboxylic acids is 1. The molecule has 1 aliphatic rings. The molecule has 3 aromatic rings. The maximum atomic E-state index is 12.5. The number of benzene rings is 3. The monoisotopic (exact) mass is 545 g/mol. The van der Waals surface area contributed by atoms with E-state index in [1.807, 2.05) is 42.5 Å². The van der Waals surface area contributed by atoms with Crippen LogP contribution in [0.5, 0.6) is 5.75 Å². The van der Waals surface area contributed by atoms with E-state index in [0.29, 0.717) is 11.6 Å². The number of aliphatic imine (C=N–C) groups is 1. The first kappa shape index (κ1) is 25.9. The van der Waals surface area contributed by atoms with Gasteiger partial charge in [-0.3, -0.25) is 0 Å². The number of ether oxygens (including phenoxy) is 2. The molecule has 0 saturated heterocycles. The highest BCUT2D eigenvalue weighted by molar-refractivity contribution is 9.10. The molecule has 0 bridgehead atoms. The number of esters is 1. The molecule has 0 aromatic heterocycles. The predicted octanol–water partition coefficient (Wildman–Crippen LogP) is 8.37. The SMILES string of the molecule is CCCCCCCCc1ccc(-c2ccc(C3=N/C(=C\c4cc(Br)ccc4OC)C(=O)O3)cc2)cc1. The Hall–Kier alpha value is -3.18. The second-order valence-corrected chi connectivity index (χ2v) is 9.93. The summed E-state index contributed by atoms with van der Waals surface area (Å²) in [7, 11) is 1.59. The molecule has 5 heteroatoms. The van der Waals surface area contributed by atoms with Crippen LogP contribution in [0.4, 0.5) is 0 Å². The van der Waals surface area contributed by atoms with E-state index < -0.39 is 5.97 Å². The third-order valence-corrected chi connectivity index (χ3v) is 6.84. The molecule has 1 aliphatic heterocycles. The molecule has 0 radical (unpaired) electrons. The summed E-state index contributed by atoms with van der Waals surface area (Å²) < 4.78 is 11.7. The maximum absolute atomic E-state index is 12.5. The van der Waals surface area contributed by atoms with Crippen LogP contribution in [0.15, 0.2) is 81.9 Å². The lowest BCUT2D eigenvalue weighted by Gasteiger charge is -2.06. The Morgan fingerprint density at radius 1 is 0.861 bits per heavy atom. The molecule has 0 unspecified atom stereocenters. The van der Waals surface area contributed by atoms with Gasteiger partial charge in [0.05, 0.1) is 7.11 Å². The average molecular weight is 547 g/mol. The number of aryl methyl sites for hydroxylation is 1. The molecule has 0 amide bonds. The van der Waals surface area contributed by atoms with Crippen molar-refractivity contribution in [3.63, 3.8) is 0 Å². The number of carbonyl (C=O) groups is 1. The van der Waals surface area contributed by atoms with Gasteiger partial charge in [0.1, 0.15) is 5.75 Å². The van der Waals surface area contributed by atoms with Crippen LogP contribution in [0.2, 0.25) is 0 Å². The van der Waals surface area contributed by atoms with Crippen LogP contribution >= 0.6 is 15.9 Å². The van der Waals surface area contributed by atoms with Gasteiger partial charge in [0, 0.05) is 15.6 Å². The van der Waals surface area contributed by atoms with Gasteiger partial charge in [0.25, 0.3) is 0 Å². The third kappa shape index (κ3) is 6.73. The van der Waals surface area contributed by atoms with Gasteiger partial charge in [-0.1, -0.05) is 91.4 Å². The standard InChI is InChI=1S/C31H32BrNO3/c1-3-4-5-6-7-8-9-22-10-12-23(13-11-22)24-14-16-25(17-15-24)30-33-28(31(34)36-30)21-26-20-27(32)18-19-29(26)35-2/h10-21H,3-9H2,1-2H3/b28-21-. The van der Waals surface area contributed by atoms with Crippen molar-refractivity contribution in [2.45, 2.75) is 51.9 Å². The smallest absolute Gasteiger partial charge is 0.363 e. The minimum atomic E-state index is -0.475. The van der Waals surface area contributed by atoms with Gasteiger partial charge < -0.3 is 9.47 Å². The van der Waals surface area contributed by atoms with Crippen molar-refractivity contribution in [1.82, 2.24) is 0 Å². The molecule has 0 atom stereocenters. The van der Waals surface area contributed by atoms with Crippen molar-refractivity contribution >= 4 is 33.9 Å². The van der Waals surface area contributed by atoms with Gasteiger partial charge in [-0.05, 0) is 65.9 Å². The molecule has 0 aliphatic carbocycles. The Morgan fingerprint density at radius 2 is 1.50 bits per heavy atom. The van der Waals surface area contributed by atoms with Crippen LogP contribution in [0, 0.1) is 0 Å². The third-order valence-electron chi connectivity index (χ3n) is 6.34. The van der Waals surface area contributed by atoms with Gasteiger partial charge in [0.2, 0.25) is 5.90 Å². The van der Waals surface area contributed by atoms with E-state index >= 15 is 0 Å². The van der Waals surface area contributed by atoms with E-state index in [0.717, 1.165) is 27.6 Å². The van der Waals surface area contributed by atoms with Crippen LogP contribution < -0.4 is 4.74 Å². The zero-order valence-corrected chi connectivity index (χ0v) is 22.5. The van der Waals surface area contributed by atoms with E-state index in [-0.39, 0.29) is 5.70 Å². The lowest BCUT2D eigenvalue weighted by atomic mass is 10.00. The molecule has 0 spiro atoms. The summed E-state index contributed by atoms with van der Waals surface area (Å²) in [6, 6.07) is 22.4. The molecular formula is C31H32BrNO3. The molecule has 3 aromatic carbocycles. The lowest BCUT2D eigenvalue weighted by Crippen LogP contribution is -2.05. The summed E-state index contributed by atoms with van der Waals surface area (Å²) in [6.45, 7) is 2.25. The molecule has 36 heavy (non-hydrogen) atoms. The lowest BCUT2D eigenvalue weighted by molar-refractivity contribution is -0.129. The summed E-state index contributed by atoms with van der Waals surface area (Å²) in [6.07, 6.45) is 10.7. The summed E-state index contributed by atoms with van der Waals surface area (Å²) >= 11 is 3.45. The second kappa shape index (κ2) is 12.7. The van der Waals surface area contributed by atoms with Crippen LogP contribution in [0.25, 0.3) is 17.2 Å². The number of unbranched alkanes of at least 4 members (excludes halogenated alkanes) is 5. The van der Waals surface area contributed by atoms with Gasteiger partial charge in [-0.15, -0.1) is 0 Å². The number of hydrogen-bond donors (Lipinski definition) is 0. The Kier molecular flexibility index (Phi) is 9.12. The van der Waals surface area contributed by atoms with Crippen LogP contribution in [-0.4, -0.2) is 19.0 Å². The maximum Gasteiger partial charge on any atom is 0.363 e. The van der Waals surface area contributed by atoms with Crippen molar-refractivity contribution < 1.29 is 14.3 Å². The predicted molar refractivity (Wildman–Crippen MR) is 150 cm³/mol. The van der Waals surface area contributed by atoms with Crippen molar-refractivity contribution in [3.8, 4) is 16.9 Å². The average Bonchev–Trinajstić information content (AvgIpc) is 3.26. The van der Waals surface area contributed by atoms with E-state index in [1.54, 1.807) is 13.2 Å². The van der Waals surface area contributed by atoms with Gasteiger partial charge in [-0.2, -0.15) is 0 Å². The fourth-order valence-electron chi connectivity index (χ4n) is 4.28. The largest absolute Gasteiger partial charge is 0.496 e. The second-order valence-electron chi connectivity index (χ2n) is 9.01. The van der Waals surface area contributed by atoms with Crippen LogP contribution in [0.3, 0.4) is 0 Å². The van der Waals surface area contributed by atoms with Crippen molar-refractivity contribution in [1.29, 1.82) is 0 Å². The molecule has 1 heterocycles. The van der Waals surface area contributed by atoms with E-state index in [2.05, 4.69) is 52.1 Å². The van der Waals surface area contributed by atoms with E-state index in [9.17, 15) is 4.79 Å². The highest BCUT2D eigenvalue weighted by Gasteiger charge is 2.24. The number of hydrogen-bond acceptors (Lipinski definition) is 4. The number of cyclic esters (lactones) is 1. The number of nitrogens with zero attached hydrogens (tertiary/aromatic N) is 1. The number of halogens is 1. The minimum Gasteiger partial charge on any atom is -0.496 e. The molecule has 0 N–H and O–H groups in total. The normalized spacial score (nSPS) is 14.1. The van der Waals surface area contributed by atoms with Gasteiger partial charge >= 0.3 is 5.97 Å². The zero-order valence-electron chi connectivity index (χ0n) is 20.9. The first-order chi connectivity index (χ1) is 17.6. The topological polar surface area (TPSA) is 47.9 Å². The Morgan fingerprint density at radius 3 is 2.19 bits per heavy atom. The quantitative estimate of drug-likeness (QED) is 0.138. The van der Waals surface area contributed by atoms with E-state index in [1.165, 1.54) is 49.7 Å². The first-order valence-corrected chi connectivity index (χ1v) is 13.4. The van der Waals surface area contributed by atoms with Crippen LogP contribution in [-0.2, 0) is 16.0 Å². The Balaban J connectivity index is 1.41. The summed E-state index contributed by atoms with van der Waals surface area (Å²) in [5.74, 6) is 0.489. The first-order valence-electron chi connectivity index (χ1n) is 12.6. The summed E-state index contributed by atoms with van der Waals surface area (Å²) in [4.78, 5) is 16.9. The Bertz CT molecular complexity index is 1240. The number of methoxy groups -OCH3 is 1. The van der Waals surface area contributed by atoms with Crippen molar-refractivity contribution in [2.24, 2.45) is 4.99 Å². The summed E-state index contributed by atoms with van der Waals surface area (Å²) in [5, 5.41) is 0. The number of rotatable bonds is 11. The molecule has 0 fully saturated rings. The summed E-state index contributed by atoms with van der Waals surface area (Å²) in [5.41, 5.74) is 5.42. The molecule has 0 saturated carbocycles. The van der Waals surface area contributed by atoms with Gasteiger partial charge in [0.15, 0.2) is 5.70 Å². The molecule has 4 rings (SSSR count). The fraction of sp³-hybridized carbons (Fsp3) is 0.290. The highest BCUT2D eigenvalue weighted by Crippen LogP contribution is 2.28. The van der Waals surface area contributed by atoms with E-state index in [4.69, 9.17) is 9.47 Å². The zero-order chi connectivity index (χ0) is 25.3. The van der Waals surface area contributed by atoms with Crippen LogP contribution in [0.1, 0.15) is 62.1 Å².